The summed E-state index contributed by atoms with van der Waals surface area (Å²) in [5, 5.41) is 0.944. The Morgan fingerprint density at radius 3 is 2.48 bits per heavy atom. The van der Waals surface area contributed by atoms with Crippen molar-refractivity contribution in [1.29, 1.82) is 0 Å². The van der Waals surface area contributed by atoms with Gasteiger partial charge in [0.2, 0.25) is 15.9 Å². The molecule has 1 fully saturated rings. The first-order chi connectivity index (χ1) is 13.8. The van der Waals surface area contributed by atoms with Gasteiger partial charge in [0, 0.05) is 17.5 Å². The average Bonchev–Trinajstić information content (AvgIpc) is 3.48. The first-order valence-electron chi connectivity index (χ1n) is 9.08. The van der Waals surface area contributed by atoms with Gasteiger partial charge in [-0.3, -0.25) is 15.6 Å². The van der Waals surface area contributed by atoms with Crippen molar-refractivity contribution in [2.75, 3.05) is 12.0 Å². The number of hydrazine groups is 1. The van der Waals surface area contributed by atoms with Gasteiger partial charge in [-0.15, -0.1) is 0 Å². The van der Waals surface area contributed by atoms with Crippen LogP contribution in [-0.2, 0) is 14.8 Å². The molecule has 0 bridgehead atoms. The molecule has 1 aliphatic carbocycles. The van der Waals surface area contributed by atoms with E-state index < -0.39 is 10.0 Å². The Hall–Kier alpha value is -2.00. The number of anilines is 1. The summed E-state index contributed by atoms with van der Waals surface area (Å²) < 4.78 is 32.4. The number of amides is 1. The zero-order chi connectivity index (χ0) is 20.9. The van der Waals surface area contributed by atoms with E-state index in [-0.39, 0.29) is 23.3 Å². The Morgan fingerprint density at radius 1 is 1.10 bits per heavy atom. The molecule has 1 aliphatic rings. The summed E-state index contributed by atoms with van der Waals surface area (Å²) in [4.78, 5) is 12.1. The molecule has 0 atom stereocenters. The molecule has 0 spiro atoms. The van der Waals surface area contributed by atoms with Gasteiger partial charge in [0.1, 0.15) is 5.75 Å². The number of nitrogens with one attached hydrogen (secondary N) is 3. The quantitative estimate of drug-likeness (QED) is 0.373. The number of sulfonamides is 1. The van der Waals surface area contributed by atoms with E-state index in [9.17, 15) is 13.2 Å². The van der Waals surface area contributed by atoms with Crippen molar-refractivity contribution in [3.8, 4) is 5.75 Å². The molecule has 0 radical (unpaired) electrons. The maximum atomic E-state index is 12.1. The molecule has 0 saturated heterocycles. The van der Waals surface area contributed by atoms with Crippen LogP contribution in [0.1, 0.15) is 25.7 Å². The van der Waals surface area contributed by atoms with Crippen molar-refractivity contribution in [3.63, 3.8) is 0 Å². The molecule has 0 aliphatic heterocycles. The van der Waals surface area contributed by atoms with Gasteiger partial charge in [-0.05, 0) is 61.7 Å². The van der Waals surface area contributed by atoms with Crippen molar-refractivity contribution in [3.05, 3.63) is 52.5 Å². The minimum atomic E-state index is -3.48. The third-order valence-corrected chi connectivity index (χ3v) is 6.18. The normalized spacial score (nSPS) is 13.7. The first kappa shape index (κ1) is 21.7. The van der Waals surface area contributed by atoms with Crippen molar-refractivity contribution in [2.45, 2.75) is 36.6 Å². The van der Waals surface area contributed by atoms with Gasteiger partial charge < -0.3 is 4.74 Å². The fourth-order valence-corrected chi connectivity index (χ4v) is 4.19. The molecule has 0 aromatic heterocycles. The standard InChI is InChI=1S/C19H21Cl2N3O4S/c20-13-3-10-18(17(21)12-13)28-11-1-2-19(25)23-22-14-6-8-16(9-7-14)29(26,27)24-15-4-5-15/h3,6-10,12,15,22,24H,1-2,4-5,11H2,(H,23,25). The van der Waals surface area contributed by atoms with Gasteiger partial charge in [-0.1, -0.05) is 23.2 Å². The van der Waals surface area contributed by atoms with Crippen LogP contribution in [0.2, 0.25) is 10.0 Å². The lowest BCUT2D eigenvalue weighted by Crippen LogP contribution is -2.29. The van der Waals surface area contributed by atoms with Crippen LogP contribution < -0.4 is 20.3 Å². The van der Waals surface area contributed by atoms with E-state index in [2.05, 4.69) is 15.6 Å². The second kappa shape index (κ2) is 9.67. The predicted octanol–water partition coefficient (Wildman–Crippen LogP) is 3.74. The molecule has 1 amide bonds. The number of halogens is 2. The summed E-state index contributed by atoms with van der Waals surface area (Å²) in [6, 6.07) is 11.2. The van der Waals surface area contributed by atoms with Gasteiger partial charge in [0.15, 0.2) is 0 Å². The zero-order valence-electron chi connectivity index (χ0n) is 15.5. The number of benzene rings is 2. The fraction of sp³-hybridized carbons (Fsp3) is 0.316. The van der Waals surface area contributed by atoms with Crippen molar-refractivity contribution >= 4 is 44.8 Å². The van der Waals surface area contributed by atoms with Gasteiger partial charge in [-0.2, -0.15) is 0 Å². The summed E-state index contributed by atoms with van der Waals surface area (Å²) in [7, 11) is -3.48. The number of carbonyl (C=O) groups excluding carboxylic acids is 1. The summed E-state index contributed by atoms with van der Waals surface area (Å²) in [5.74, 6) is 0.295. The molecule has 1 saturated carbocycles. The van der Waals surface area contributed by atoms with Crippen molar-refractivity contribution < 1.29 is 17.9 Å². The SMILES string of the molecule is O=C(CCCOc1ccc(Cl)cc1Cl)NNc1ccc(S(=O)(=O)NC2CC2)cc1. The Kier molecular flexibility index (Phi) is 7.23. The molecular weight excluding hydrogens is 437 g/mol. The Morgan fingerprint density at radius 2 is 1.83 bits per heavy atom. The van der Waals surface area contributed by atoms with Gasteiger partial charge in [0.25, 0.3) is 0 Å². The lowest BCUT2D eigenvalue weighted by Gasteiger charge is -2.11. The molecule has 3 rings (SSSR count). The topological polar surface area (TPSA) is 96.5 Å². The molecular formula is C19H21Cl2N3O4S. The highest BCUT2D eigenvalue weighted by molar-refractivity contribution is 7.89. The summed E-state index contributed by atoms with van der Waals surface area (Å²) in [6.45, 7) is 0.329. The first-order valence-corrected chi connectivity index (χ1v) is 11.3. The van der Waals surface area contributed by atoms with Crippen LogP contribution in [0.25, 0.3) is 0 Å². The van der Waals surface area contributed by atoms with E-state index >= 15 is 0 Å². The smallest absolute Gasteiger partial charge is 0.240 e. The average molecular weight is 458 g/mol. The monoisotopic (exact) mass is 457 g/mol. The highest BCUT2D eigenvalue weighted by atomic mass is 35.5. The molecule has 7 nitrogen and oxygen atoms in total. The third-order valence-electron chi connectivity index (χ3n) is 4.11. The molecule has 156 valence electrons. The van der Waals surface area contributed by atoms with Gasteiger partial charge in [-0.25, -0.2) is 13.1 Å². The van der Waals surface area contributed by atoms with Gasteiger partial charge in [0.05, 0.1) is 22.2 Å². The molecule has 0 unspecified atom stereocenters. The molecule has 29 heavy (non-hydrogen) atoms. The number of hydrogen-bond donors (Lipinski definition) is 3. The van der Waals surface area contributed by atoms with E-state index in [0.29, 0.717) is 34.5 Å². The number of rotatable bonds is 10. The largest absolute Gasteiger partial charge is 0.492 e. The maximum absolute atomic E-state index is 12.1. The molecule has 10 heteroatoms. The van der Waals surface area contributed by atoms with Crippen molar-refractivity contribution in [1.82, 2.24) is 10.1 Å². The Bertz CT molecular complexity index is 964. The zero-order valence-corrected chi connectivity index (χ0v) is 17.8. The summed E-state index contributed by atoms with van der Waals surface area (Å²) >= 11 is 11.8. The summed E-state index contributed by atoms with van der Waals surface area (Å²) in [5.41, 5.74) is 5.90. The van der Waals surface area contributed by atoms with Crippen LogP contribution in [0.3, 0.4) is 0 Å². The highest BCUT2D eigenvalue weighted by Gasteiger charge is 2.27. The lowest BCUT2D eigenvalue weighted by atomic mass is 10.3. The second-order valence-corrected chi connectivity index (χ2v) is 9.18. The van der Waals surface area contributed by atoms with E-state index in [1.54, 1.807) is 30.3 Å². The van der Waals surface area contributed by atoms with E-state index in [4.69, 9.17) is 27.9 Å². The van der Waals surface area contributed by atoms with Crippen molar-refractivity contribution in [2.24, 2.45) is 0 Å². The van der Waals surface area contributed by atoms with Crippen LogP contribution >= 0.6 is 23.2 Å². The highest BCUT2D eigenvalue weighted by Crippen LogP contribution is 2.27. The van der Waals surface area contributed by atoms with Crippen LogP contribution in [0, 0.1) is 0 Å². The van der Waals surface area contributed by atoms with Crippen LogP contribution in [0.5, 0.6) is 5.75 Å². The van der Waals surface area contributed by atoms with Crippen LogP contribution in [-0.4, -0.2) is 27.0 Å². The van der Waals surface area contributed by atoms with Gasteiger partial charge >= 0.3 is 0 Å². The minimum absolute atomic E-state index is 0.0526. The van der Waals surface area contributed by atoms with Crippen LogP contribution in [0.4, 0.5) is 5.69 Å². The lowest BCUT2D eigenvalue weighted by molar-refractivity contribution is -0.120. The summed E-state index contributed by atoms with van der Waals surface area (Å²) in [6.07, 6.45) is 2.50. The fourth-order valence-electron chi connectivity index (χ4n) is 2.42. The Balaban J connectivity index is 1.37. The number of ether oxygens (including phenoxy) is 1. The van der Waals surface area contributed by atoms with E-state index in [0.717, 1.165) is 12.8 Å². The maximum Gasteiger partial charge on any atom is 0.240 e. The molecule has 0 heterocycles. The number of carbonyl (C=O) groups is 1. The number of hydrogen-bond acceptors (Lipinski definition) is 5. The Labute approximate surface area is 179 Å². The third kappa shape index (κ3) is 6.78. The second-order valence-electron chi connectivity index (χ2n) is 6.62. The molecule has 3 N–H and O–H groups in total. The molecule has 2 aromatic rings. The van der Waals surface area contributed by atoms with E-state index in [1.807, 2.05) is 0 Å². The van der Waals surface area contributed by atoms with Crippen LogP contribution in [0.15, 0.2) is 47.4 Å². The molecule has 2 aromatic carbocycles. The predicted molar refractivity (Wildman–Crippen MR) is 113 cm³/mol. The minimum Gasteiger partial charge on any atom is -0.492 e. The van der Waals surface area contributed by atoms with E-state index in [1.165, 1.54) is 12.1 Å².